The van der Waals surface area contributed by atoms with Gasteiger partial charge in [-0.2, -0.15) is 0 Å². The van der Waals surface area contributed by atoms with Crippen molar-refractivity contribution in [2.75, 3.05) is 13.1 Å². The molecule has 0 aliphatic carbocycles. The molecule has 2 unspecified atom stereocenters. The van der Waals surface area contributed by atoms with Crippen LogP contribution in [-0.2, 0) is 4.79 Å². The Kier molecular flexibility index (Phi) is 3.55. The first kappa shape index (κ1) is 11.8. The van der Waals surface area contributed by atoms with E-state index < -0.39 is 11.9 Å². The van der Waals surface area contributed by atoms with Crippen molar-refractivity contribution in [1.29, 1.82) is 0 Å². The van der Waals surface area contributed by atoms with Crippen LogP contribution in [0.25, 0.3) is 0 Å². The summed E-state index contributed by atoms with van der Waals surface area (Å²) in [4.78, 5) is 23.7. The zero-order valence-corrected chi connectivity index (χ0v) is 9.36. The standard InChI is InChI=1S/C10H18N2O3/c1-6(2)8-5-12(10(15)11-8)4-7(3)9(13)14/h6-8H,4-5H2,1-3H3,(H,11,15)(H,13,14). The van der Waals surface area contributed by atoms with Gasteiger partial charge in [-0.15, -0.1) is 0 Å². The van der Waals surface area contributed by atoms with Crippen LogP contribution in [0.4, 0.5) is 4.79 Å². The lowest BCUT2D eigenvalue weighted by Gasteiger charge is -2.17. The smallest absolute Gasteiger partial charge is 0.317 e. The highest BCUT2D eigenvalue weighted by molar-refractivity contribution is 5.78. The molecule has 0 saturated carbocycles. The number of nitrogens with one attached hydrogen (secondary N) is 1. The molecule has 1 aliphatic heterocycles. The van der Waals surface area contributed by atoms with Crippen LogP contribution in [0, 0.1) is 11.8 Å². The number of hydrogen-bond donors (Lipinski definition) is 2. The molecule has 2 N–H and O–H groups in total. The van der Waals surface area contributed by atoms with Crippen LogP contribution < -0.4 is 5.32 Å². The summed E-state index contributed by atoms with van der Waals surface area (Å²) in [5, 5.41) is 11.6. The van der Waals surface area contributed by atoms with Gasteiger partial charge in [0.2, 0.25) is 0 Å². The summed E-state index contributed by atoms with van der Waals surface area (Å²) in [6.45, 7) is 6.57. The van der Waals surface area contributed by atoms with Crippen molar-refractivity contribution in [3.05, 3.63) is 0 Å². The Hall–Kier alpha value is -1.26. The monoisotopic (exact) mass is 214 g/mol. The minimum atomic E-state index is -0.865. The Morgan fingerprint density at radius 3 is 2.60 bits per heavy atom. The van der Waals surface area contributed by atoms with Gasteiger partial charge in [0.25, 0.3) is 0 Å². The normalized spacial score (nSPS) is 23.1. The average molecular weight is 214 g/mol. The van der Waals surface area contributed by atoms with Gasteiger partial charge in [-0.1, -0.05) is 20.8 Å². The van der Waals surface area contributed by atoms with Crippen molar-refractivity contribution in [2.45, 2.75) is 26.8 Å². The van der Waals surface area contributed by atoms with E-state index >= 15 is 0 Å². The zero-order chi connectivity index (χ0) is 11.6. The Labute approximate surface area is 89.4 Å². The summed E-state index contributed by atoms with van der Waals surface area (Å²) >= 11 is 0. The predicted molar refractivity (Wildman–Crippen MR) is 55.5 cm³/mol. The van der Waals surface area contributed by atoms with Crippen molar-refractivity contribution in [3.8, 4) is 0 Å². The van der Waals surface area contributed by atoms with E-state index in [0.717, 1.165) is 0 Å². The highest BCUT2D eigenvalue weighted by Gasteiger charge is 2.32. The van der Waals surface area contributed by atoms with Gasteiger partial charge in [-0.05, 0) is 5.92 Å². The van der Waals surface area contributed by atoms with Crippen LogP contribution in [0.3, 0.4) is 0 Å². The number of nitrogens with zero attached hydrogens (tertiary/aromatic N) is 1. The Bertz CT molecular complexity index is 265. The van der Waals surface area contributed by atoms with E-state index in [1.165, 1.54) is 0 Å². The van der Waals surface area contributed by atoms with Crippen molar-refractivity contribution in [1.82, 2.24) is 10.2 Å². The largest absolute Gasteiger partial charge is 0.481 e. The quantitative estimate of drug-likeness (QED) is 0.725. The van der Waals surface area contributed by atoms with Gasteiger partial charge in [0, 0.05) is 13.1 Å². The molecule has 0 bridgehead atoms. The molecule has 0 aromatic heterocycles. The molecule has 1 heterocycles. The molecule has 5 heteroatoms. The predicted octanol–water partition coefficient (Wildman–Crippen LogP) is 0.757. The van der Waals surface area contributed by atoms with Crippen molar-refractivity contribution in [2.24, 2.45) is 11.8 Å². The molecule has 0 aromatic rings. The number of urea groups is 1. The van der Waals surface area contributed by atoms with Gasteiger partial charge >= 0.3 is 12.0 Å². The molecule has 1 fully saturated rings. The molecule has 0 aromatic carbocycles. The third-order valence-electron chi connectivity index (χ3n) is 2.73. The molecule has 5 nitrogen and oxygen atoms in total. The summed E-state index contributed by atoms with van der Waals surface area (Å²) in [5.41, 5.74) is 0. The number of carbonyl (C=O) groups excluding carboxylic acids is 1. The van der Waals surface area contributed by atoms with Gasteiger partial charge < -0.3 is 15.3 Å². The number of rotatable bonds is 4. The Balaban J connectivity index is 2.51. The lowest BCUT2D eigenvalue weighted by molar-refractivity contribution is -0.141. The third kappa shape index (κ3) is 2.84. The van der Waals surface area contributed by atoms with Crippen LogP contribution in [0.1, 0.15) is 20.8 Å². The fourth-order valence-electron chi connectivity index (χ4n) is 1.56. The highest BCUT2D eigenvalue weighted by atomic mass is 16.4. The summed E-state index contributed by atoms with van der Waals surface area (Å²) < 4.78 is 0. The molecule has 1 aliphatic rings. The first-order chi connectivity index (χ1) is 6.91. The fourth-order valence-corrected chi connectivity index (χ4v) is 1.56. The fraction of sp³-hybridized carbons (Fsp3) is 0.800. The lowest BCUT2D eigenvalue weighted by Crippen LogP contribution is -2.34. The Morgan fingerprint density at radius 1 is 1.60 bits per heavy atom. The van der Waals surface area contributed by atoms with Crippen LogP contribution >= 0.6 is 0 Å². The van der Waals surface area contributed by atoms with Gasteiger partial charge in [-0.3, -0.25) is 4.79 Å². The van der Waals surface area contributed by atoms with Crippen LogP contribution in [-0.4, -0.2) is 41.1 Å². The van der Waals surface area contributed by atoms with E-state index in [-0.39, 0.29) is 18.6 Å². The van der Waals surface area contributed by atoms with Crippen molar-refractivity contribution in [3.63, 3.8) is 0 Å². The maximum Gasteiger partial charge on any atom is 0.317 e. The second-order valence-corrected chi connectivity index (χ2v) is 4.44. The topological polar surface area (TPSA) is 69.6 Å². The van der Waals surface area contributed by atoms with E-state index in [1.807, 2.05) is 13.8 Å². The molecule has 86 valence electrons. The molecule has 1 rings (SSSR count). The summed E-state index contributed by atoms with van der Waals surface area (Å²) in [7, 11) is 0. The van der Waals surface area contributed by atoms with Crippen molar-refractivity contribution >= 4 is 12.0 Å². The van der Waals surface area contributed by atoms with E-state index in [4.69, 9.17) is 5.11 Å². The zero-order valence-electron chi connectivity index (χ0n) is 9.36. The molecule has 15 heavy (non-hydrogen) atoms. The first-order valence-corrected chi connectivity index (χ1v) is 5.20. The highest BCUT2D eigenvalue weighted by Crippen LogP contribution is 2.13. The molecular formula is C10H18N2O3. The minimum Gasteiger partial charge on any atom is -0.481 e. The first-order valence-electron chi connectivity index (χ1n) is 5.20. The maximum absolute atomic E-state index is 11.5. The van der Waals surface area contributed by atoms with Crippen LogP contribution in [0.15, 0.2) is 0 Å². The van der Waals surface area contributed by atoms with Gasteiger partial charge in [-0.25, -0.2) is 4.79 Å². The molecule has 1 saturated heterocycles. The van der Waals surface area contributed by atoms with Crippen LogP contribution in [0.5, 0.6) is 0 Å². The number of hydrogen-bond acceptors (Lipinski definition) is 2. The molecule has 0 radical (unpaired) electrons. The molecule has 2 amide bonds. The van der Waals surface area contributed by atoms with Crippen LogP contribution in [0.2, 0.25) is 0 Å². The van der Waals surface area contributed by atoms with E-state index in [1.54, 1.807) is 11.8 Å². The number of aliphatic carboxylic acids is 1. The number of carboxylic acid groups (broad SMARTS) is 1. The summed E-state index contributed by atoms with van der Waals surface area (Å²) in [6.07, 6.45) is 0. The lowest BCUT2D eigenvalue weighted by atomic mass is 10.1. The van der Waals surface area contributed by atoms with Gasteiger partial charge in [0.05, 0.1) is 12.0 Å². The van der Waals surface area contributed by atoms with E-state index in [9.17, 15) is 9.59 Å². The third-order valence-corrected chi connectivity index (χ3v) is 2.73. The van der Waals surface area contributed by atoms with Crippen molar-refractivity contribution < 1.29 is 14.7 Å². The van der Waals surface area contributed by atoms with Gasteiger partial charge in [0.1, 0.15) is 0 Å². The SMILES string of the molecule is CC(CN1CC(C(C)C)NC1=O)C(=O)O. The van der Waals surface area contributed by atoms with E-state index in [2.05, 4.69) is 5.32 Å². The minimum absolute atomic E-state index is 0.137. The molecule has 0 spiro atoms. The van der Waals surface area contributed by atoms with E-state index in [0.29, 0.717) is 12.5 Å². The molecule has 2 atom stereocenters. The second kappa shape index (κ2) is 4.51. The number of carboxylic acids is 1. The number of carbonyl (C=O) groups is 2. The second-order valence-electron chi connectivity index (χ2n) is 4.44. The maximum atomic E-state index is 11.5. The molecular weight excluding hydrogens is 196 g/mol. The number of amides is 2. The average Bonchev–Trinajstić information content (AvgIpc) is 2.47. The summed E-state index contributed by atoms with van der Waals surface area (Å²) in [6, 6.07) is -0.0136. The summed E-state index contributed by atoms with van der Waals surface area (Å²) in [5.74, 6) is -1.00. The van der Waals surface area contributed by atoms with Gasteiger partial charge in [0.15, 0.2) is 0 Å². The Morgan fingerprint density at radius 2 is 2.20 bits per heavy atom.